The molecule has 0 aliphatic rings. The third kappa shape index (κ3) is 4.27. The van der Waals surface area contributed by atoms with Crippen molar-refractivity contribution < 1.29 is 0 Å². The molecule has 1 heterocycles. The number of hydrogen-bond acceptors (Lipinski definition) is 2. The van der Waals surface area contributed by atoms with Crippen LogP contribution >= 0.6 is 11.6 Å². The summed E-state index contributed by atoms with van der Waals surface area (Å²) in [6.07, 6.45) is 2.70. The van der Waals surface area contributed by atoms with Crippen LogP contribution in [0.3, 0.4) is 0 Å². The lowest BCUT2D eigenvalue weighted by molar-refractivity contribution is 0.716. The Balaban J connectivity index is 1.78. The highest BCUT2D eigenvalue weighted by molar-refractivity contribution is 6.30. The molecule has 8 heteroatoms. The highest BCUT2D eigenvalue weighted by atomic mass is 35.5. The molecular formula is C17H18ClN7. The fraction of sp³-hybridized carbons (Fsp3) is 0.118. The number of aliphatic imine (C=N–C) groups is 2. The van der Waals surface area contributed by atoms with Crippen molar-refractivity contribution in [3.8, 4) is 0 Å². The molecule has 0 fully saturated rings. The molecule has 3 rings (SSSR count). The number of hydrogen-bond donors (Lipinski definition) is 3. The van der Waals surface area contributed by atoms with Gasteiger partial charge in [-0.2, -0.15) is 4.99 Å². The van der Waals surface area contributed by atoms with Crippen molar-refractivity contribution in [2.24, 2.45) is 27.2 Å². The lowest BCUT2D eigenvalue weighted by Gasteiger charge is -2.05. The fourth-order valence-corrected chi connectivity index (χ4v) is 2.62. The highest BCUT2D eigenvalue weighted by Gasteiger charge is 2.04. The standard InChI is InChI=1S/C17H18ClN7/c18-12-3-1-11(2-4-12)7-8-25-10-22-14-9-13(5-6-15(14)25)23-17(21)24-16(19)20/h1-6,9-10H,7-8H2,(H6,19,20,21,23,24). The molecule has 6 N–H and O–H groups in total. The van der Waals surface area contributed by atoms with Crippen molar-refractivity contribution in [3.05, 3.63) is 59.4 Å². The zero-order valence-corrected chi connectivity index (χ0v) is 14.2. The highest BCUT2D eigenvalue weighted by Crippen LogP contribution is 2.21. The average Bonchev–Trinajstić information content (AvgIpc) is 2.96. The molecule has 0 unspecified atom stereocenters. The van der Waals surface area contributed by atoms with E-state index < -0.39 is 0 Å². The Hall–Kier alpha value is -3.06. The van der Waals surface area contributed by atoms with Gasteiger partial charge < -0.3 is 21.8 Å². The maximum Gasteiger partial charge on any atom is 0.223 e. The summed E-state index contributed by atoms with van der Waals surface area (Å²) in [5, 5.41) is 0.741. The van der Waals surface area contributed by atoms with Gasteiger partial charge in [-0.15, -0.1) is 0 Å². The Bertz CT molecular complexity index is 937. The first kappa shape index (κ1) is 16.8. The van der Waals surface area contributed by atoms with Gasteiger partial charge in [0.1, 0.15) is 0 Å². The Morgan fingerprint density at radius 1 is 1.08 bits per heavy atom. The molecule has 0 aliphatic carbocycles. The minimum atomic E-state index is -0.131. The molecule has 0 radical (unpaired) electrons. The van der Waals surface area contributed by atoms with Crippen molar-refractivity contribution in [3.63, 3.8) is 0 Å². The smallest absolute Gasteiger partial charge is 0.223 e. The zero-order chi connectivity index (χ0) is 17.8. The predicted octanol–water partition coefficient (Wildman–Crippen LogP) is 2.15. The maximum atomic E-state index is 5.91. The van der Waals surface area contributed by atoms with Gasteiger partial charge in [0.25, 0.3) is 0 Å². The molecule has 1 aromatic heterocycles. The molecule has 0 atom stereocenters. The van der Waals surface area contributed by atoms with Gasteiger partial charge in [-0.1, -0.05) is 23.7 Å². The molecule has 2 aromatic carbocycles. The number of guanidine groups is 2. The second kappa shape index (κ2) is 7.23. The number of nitrogens with two attached hydrogens (primary N) is 3. The van der Waals surface area contributed by atoms with Crippen LogP contribution < -0.4 is 17.2 Å². The van der Waals surface area contributed by atoms with Crippen molar-refractivity contribution >= 4 is 40.2 Å². The number of aromatic nitrogens is 2. The first-order valence-corrected chi connectivity index (χ1v) is 8.02. The summed E-state index contributed by atoms with van der Waals surface area (Å²) < 4.78 is 2.09. The number of nitrogens with zero attached hydrogens (tertiary/aromatic N) is 4. The van der Waals surface area contributed by atoms with E-state index >= 15 is 0 Å². The molecule has 7 nitrogen and oxygen atoms in total. The summed E-state index contributed by atoms with van der Waals surface area (Å²) >= 11 is 5.91. The number of imidazole rings is 1. The van der Waals surface area contributed by atoms with E-state index in [1.165, 1.54) is 5.56 Å². The Morgan fingerprint density at radius 2 is 1.84 bits per heavy atom. The average molecular weight is 356 g/mol. The summed E-state index contributed by atoms with van der Waals surface area (Å²) in [6, 6.07) is 13.5. The Labute approximate surface area is 149 Å². The van der Waals surface area contributed by atoms with Crippen LogP contribution in [-0.4, -0.2) is 21.5 Å². The van der Waals surface area contributed by atoms with E-state index in [0.717, 1.165) is 29.0 Å². The van der Waals surface area contributed by atoms with Crippen LogP contribution in [0.5, 0.6) is 0 Å². The molecular weight excluding hydrogens is 338 g/mol. The second-order valence-corrected chi connectivity index (χ2v) is 5.93. The van der Waals surface area contributed by atoms with Crippen molar-refractivity contribution in [1.29, 1.82) is 0 Å². The van der Waals surface area contributed by atoms with Crippen LogP contribution in [0.15, 0.2) is 58.8 Å². The van der Waals surface area contributed by atoms with Crippen molar-refractivity contribution in [1.82, 2.24) is 9.55 Å². The van der Waals surface area contributed by atoms with Gasteiger partial charge >= 0.3 is 0 Å². The molecule has 25 heavy (non-hydrogen) atoms. The van der Waals surface area contributed by atoms with E-state index in [1.54, 1.807) is 0 Å². The molecule has 0 amide bonds. The quantitative estimate of drug-likeness (QED) is 0.490. The molecule has 0 bridgehead atoms. The molecule has 3 aromatic rings. The molecule has 128 valence electrons. The molecule has 0 spiro atoms. The van der Waals surface area contributed by atoms with Gasteiger partial charge in [0.05, 0.1) is 23.0 Å². The summed E-state index contributed by atoms with van der Waals surface area (Å²) in [6.45, 7) is 0.816. The van der Waals surface area contributed by atoms with Crippen LogP contribution in [0.25, 0.3) is 11.0 Å². The number of rotatable bonds is 4. The summed E-state index contributed by atoms with van der Waals surface area (Å²) in [4.78, 5) is 12.3. The molecule has 0 saturated heterocycles. The molecule has 0 aliphatic heterocycles. The summed E-state index contributed by atoms with van der Waals surface area (Å²) in [5.74, 6) is -0.129. The number of fused-ring (bicyclic) bond motifs is 1. The van der Waals surface area contributed by atoms with Gasteiger partial charge in [-0.25, -0.2) is 9.98 Å². The van der Waals surface area contributed by atoms with Crippen LogP contribution in [0, 0.1) is 0 Å². The Morgan fingerprint density at radius 3 is 2.56 bits per heavy atom. The normalized spacial score (nSPS) is 11.6. The van der Waals surface area contributed by atoms with Gasteiger partial charge in [0, 0.05) is 11.6 Å². The first-order valence-electron chi connectivity index (χ1n) is 7.64. The minimum Gasteiger partial charge on any atom is -0.370 e. The van der Waals surface area contributed by atoms with Crippen molar-refractivity contribution in [2.75, 3.05) is 0 Å². The zero-order valence-electron chi connectivity index (χ0n) is 13.4. The Kier molecular flexibility index (Phi) is 4.85. The molecule has 0 saturated carbocycles. The van der Waals surface area contributed by atoms with E-state index in [2.05, 4.69) is 19.5 Å². The van der Waals surface area contributed by atoms with Crippen LogP contribution in [0.2, 0.25) is 5.02 Å². The van der Waals surface area contributed by atoms with Crippen LogP contribution in [-0.2, 0) is 13.0 Å². The van der Waals surface area contributed by atoms with Crippen LogP contribution in [0.4, 0.5) is 5.69 Å². The van der Waals surface area contributed by atoms with E-state index in [-0.39, 0.29) is 11.9 Å². The maximum absolute atomic E-state index is 5.91. The van der Waals surface area contributed by atoms with Crippen LogP contribution in [0.1, 0.15) is 5.56 Å². The largest absolute Gasteiger partial charge is 0.370 e. The van der Waals surface area contributed by atoms with E-state index in [0.29, 0.717) is 5.69 Å². The number of benzene rings is 2. The second-order valence-electron chi connectivity index (χ2n) is 5.49. The summed E-state index contributed by atoms with van der Waals surface area (Å²) in [7, 11) is 0. The van der Waals surface area contributed by atoms with Crippen molar-refractivity contribution in [2.45, 2.75) is 13.0 Å². The lowest BCUT2D eigenvalue weighted by Crippen LogP contribution is -2.26. The lowest BCUT2D eigenvalue weighted by atomic mass is 10.1. The SMILES string of the molecule is NC(N)=NC(N)=Nc1ccc2c(c1)ncn2CCc1ccc(Cl)cc1. The van der Waals surface area contributed by atoms with Gasteiger partial charge in [0.15, 0.2) is 5.96 Å². The third-order valence-corrected chi connectivity index (χ3v) is 3.90. The monoisotopic (exact) mass is 355 g/mol. The van der Waals surface area contributed by atoms with E-state index in [9.17, 15) is 0 Å². The van der Waals surface area contributed by atoms with Gasteiger partial charge in [0.2, 0.25) is 5.96 Å². The third-order valence-electron chi connectivity index (χ3n) is 3.65. The first-order chi connectivity index (χ1) is 12.0. The van der Waals surface area contributed by atoms with Gasteiger partial charge in [-0.05, 0) is 42.3 Å². The summed E-state index contributed by atoms with van der Waals surface area (Å²) in [5.41, 5.74) is 19.9. The number of aryl methyl sites for hydroxylation is 2. The van der Waals surface area contributed by atoms with E-state index in [1.807, 2.05) is 48.8 Å². The fourth-order valence-electron chi connectivity index (χ4n) is 2.49. The van der Waals surface area contributed by atoms with Gasteiger partial charge in [-0.3, -0.25) is 0 Å². The topological polar surface area (TPSA) is 121 Å². The number of halogens is 1. The van der Waals surface area contributed by atoms with E-state index in [4.69, 9.17) is 28.8 Å². The predicted molar refractivity (Wildman–Crippen MR) is 102 cm³/mol. The minimum absolute atomic E-state index is 0.00141.